The van der Waals surface area contributed by atoms with E-state index in [1.54, 1.807) is 11.0 Å². The predicted molar refractivity (Wildman–Crippen MR) is 106 cm³/mol. The van der Waals surface area contributed by atoms with Crippen molar-refractivity contribution in [1.29, 1.82) is 0 Å². The van der Waals surface area contributed by atoms with Crippen molar-refractivity contribution in [3.63, 3.8) is 0 Å². The van der Waals surface area contributed by atoms with E-state index in [9.17, 15) is 9.59 Å². The highest BCUT2D eigenvalue weighted by Gasteiger charge is 2.15. The first-order valence-corrected chi connectivity index (χ1v) is 9.21. The van der Waals surface area contributed by atoms with Gasteiger partial charge in [-0.15, -0.1) is 0 Å². The number of fused-ring (bicyclic) bond motifs is 1. The molecule has 0 aliphatic carbocycles. The Hall–Kier alpha value is -3.15. The molecule has 0 radical (unpaired) electrons. The molecule has 0 bridgehead atoms. The summed E-state index contributed by atoms with van der Waals surface area (Å²) in [5, 5.41) is 4.07. The quantitative estimate of drug-likeness (QED) is 0.676. The molecule has 0 aliphatic heterocycles. The van der Waals surface area contributed by atoms with Crippen molar-refractivity contribution in [2.24, 2.45) is 0 Å². The lowest BCUT2D eigenvalue weighted by Gasteiger charge is -2.18. The van der Waals surface area contributed by atoms with E-state index in [0.717, 1.165) is 17.5 Å². The average molecular weight is 364 g/mol. The van der Waals surface area contributed by atoms with Gasteiger partial charge in [-0.3, -0.25) is 14.6 Å². The smallest absolute Gasteiger partial charge is 0.255 e. The molecule has 0 fully saturated rings. The Morgan fingerprint density at radius 2 is 1.85 bits per heavy atom. The molecule has 140 valence electrons. The topological polar surface area (TPSA) is 78.1 Å². The predicted octanol–water partition coefficient (Wildman–Crippen LogP) is 3.02. The van der Waals surface area contributed by atoms with Crippen LogP contribution in [-0.4, -0.2) is 46.3 Å². The summed E-state index contributed by atoms with van der Waals surface area (Å²) in [7, 11) is 0. The zero-order chi connectivity index (χ0) is 19.2. The van der Waals surface area contributed by atoms with Crippen LogP contribution in [0.1, 0.15) is 40.1 Å². The maximum absolute atomic E-state index is 12.4. The molecule has 6 heteroatoms. The molecule has 0 unspecified atom stereocenters. The molecule has 27 heavy (non-hydrogen) atoms. The highest BCUT2D eigenvalue weighted by Crippen LogP contribution is 2.17. The number of para-hydroxylation sites is 1. The van der Waals surface area contributed by atoms with Gasteiger partial charge in [-0.1, -0.05) is 18.2 Å². The van der Waals surface area contributed by atoms with Gasteiger partial charge in [0.1, 0.15) is 0 Å². The molecular weight excluding hydrogens is 340 g/mol. The first-order chi connectivity index (χ1) is 13.1. The largest absolute Gasteiger partial charge is 0.361 e. The molecule has 0 saturated carbocycles. The maximum Gasteiger partial charge on any atom is 0.255 e. The van der Waals surface area contributed by atoms with Crippen molar-refractivity contribution in [2.75, 3.05) is 19.6 Å². The van der Waals surface area contributed by atoms with Crippen molar-refractivity contribution >= 4 is 22.7 Å². The van der Waals surface area contributed by atoms with Crippen LogP contribution in [-0.2, 0) is 6.42 Å². The monoisotopic (exact) mass is 364 g/mol. The van der Waals surface area contributed by atoms with Crippen LogP contribution in [0.2, 0.25) is 0 Å². The van der Waals surface area contributed by atoms with Crippen molar-refractivity contribution in [3.05, 3.63) is 65.6 Å². The van der Waals surface area contributed by atoms with Crippen molar-refractivity contribution in [1.82, 2.24) is 20.2 Å². The lowest BCUT2D eigenvalue weighted by Crippen LogP contribution is -2.31. The molecule has 1 aromatic carbocycles. The molecule has 6 nitrogen and oxygen atoms in total. The van der Waals surface area contributed by atoms with Gasteiger partial charge < -0.3 is 15.2 Å². The summed E-state index contributed by atoms with van der Waals surface area (Å²) < 4.78 is 0. The summed E-state index contributed by atoms with van der Waals surface area (Å²) >= 11 is 0. The van der Waals surface area contributed by atoms with E-state index >= 15 is 0 Å². The zero-order valence-corrected chi connectivity index (χ0v) is 15.7. The lowest BCUT2D eigenvalue weighted by atomic mass is 10.1. The van der Waals surface area contributed by atoms with Crippen LogP contribution >= 0.6 is 0 Å². The number of nitrogens with one attached hydrogen (secondary N) is 2. The number of carbonyl (C=O) groups is 2. The van der Waals surface area contributed by atoms with Gasteiger partial charge in [0.05, 0.1) is 11.1 Å². The van der Waals surface area contributed by atoms with Crippen LogP contribution in [0.15, 0.2) is 48.9 Å². The molecule has 2 aromatic heterocycles. The van der Waals surface area contributed by atoms with E-state index < -0.39 is 0 Å². The van der Waals surface area contributed by atoms with Crippen LogP contribution in [0, 0.1) is 0 Å². The van der Waals surface area contributed by atoms with E-state index in [1.165, 1.54) is 17.8 Å². The average Bonchev–Trinajstić information content (AvgIpc) is 3.12. The fraction of sp³-hybridized carbons (Fsp3) is 0.286. The number of nitrogens with zero attached hydrogens (tertiary/aromatic N) is 2. The Morgan fingerprint density at radius 3 is 2.63 bits per heavy atom. The number of H-pyrrole nitrogens is 1. The maximum atomic E-state index is 12.4. The third-order valence-corrected chi connectivity index (χ3v) is 4.65. The first-order valence-electron chi connectivity index (χ1n) is 9.21. The van der Waals surface area contributed by atoms with Gasteiger partial charge in [0.15, 0.2) is 0 Å². The Kier molecular flexibility index (Phi) is 5.86. The highest BCUT2D eigenvalue weighted by atomic mass is 16.2. The fourth-order valence-corrected chi connectivity index (χ4v) is 3.13. The van der Waals surface area contributed by atoms with Gasteiger partial charge in [0.25, 0.3) is 11.8 Å². The molecule has 2 N–H and O–H groups in total. The van der Waals surface area contributed by atoms with Gasteiger partial charge in [-0.2, -0.15) is 0 Å². The van der Waals surface area contributed by atoms with Crippen LogP contribution < -0.4 is 5.32 Å². The Morgan fingerprint density at radius 1 is 1.11 bits per heavy atom. The van der Waals surface area contributed by atoms with E-state index in [4.69, 9.17) is 0 Å². The van der Waals surface area contributed by atoms with Gasteiger partial charge in [0, 0.05) is 49.1 Å². The number of aromatic nitrogens is 2. The molecule has 3 aromatic rings. The van der Waals surface area contributed by atoms with Crippen LogP contribution in [0.4, 0.5) is 0 Å². The Bertz CT molecular complexity index is 944. The second-order valence-corrected chi connectivity index (χ2v) is 6.31. The SMILES string of the molecule is CCN(CC)C(=O)c1cncc(C(=O)NCCc2c[nH]c3ccccc23)c1. The third-order valence-electron chi connectivity index (χ3n) is 4.65. The molecule has 3 rings (SSSR count). The number of benzene rings is 1. The molecule has 2 heterocycles. The molecule has 0 spiro atoms. The molecule has 2 amide bonds. The van der Waals surface area contributed by atoms with Crippen LogP contribution in [0.3, 0.4) is 0 Å². The summed E-state index contributed by atoms with van der Waals surface area (Å²) in [4.78, 5) is 33.9. The molecule has 0 aliphatic rings. The van der Waals surface area contributed by atoms with Crippen molar-refractivity contribution in [2.45, 2.75) is 20.3 Å². The third kappa shape index (κ3) is 4.16. The summed E-state index contributed by atoms with van der Waals surface area (Å²) in [5.41, 5.74) is 3.08. The number of hydrogen-bond acceptors (Lipinski definition) is 3. The fourth-order valence-electron chi connectivity index (χ4n) is 3.13. The van der Waals surface area contributed by atoms with E-state index in [2.05, 4.69) is 21.4 Å². The van der Waals surface area contributed by atoms with E-state index in [1.807, 2.05) is 38.2 Å². The molecule has 0 saturated heterocycles. The first kappa shape index (κ1) is 18.6. The minimum Gasteiger partial charge on any atom is -0.361 e. The lowest BCUT2D eigenvalue weighted by molar-refractivity contribution is 0.0772. The molecule has 0 atom stereocenters. The number of amides is 2. The number of hydrogen-bond donors (Lipinski definition) is 2. The normalized spacial score (nSPS) is 10.7. The van der Waals surface area contributed by atoms with Crippen molar-refractivity contribution in [3.8, 4) is 0 Å². The van der Waals surface area contributed by atoms with Gasteiger partial charge in [-0.05, 0) is 38.0 Å². The summed E-state index contributed by atoms with van der Waals surface area (Å²) in [6, 6.07) is 9.69. The standard InChI is InChI=1S/C21H24N4O2/c1-3-25(4-2)21(27)17-11-16(12-22-13-17)20(26)23-10-9-15-14-24-19-8-6-5-7-18(15)19/h5-8,11-14,24H,3-4,9-10H2,1-2H3,(H,23,26). The van der Waals surface area contributed by atoms with E-state index in [-0.39, 0.29) is 11.8 Å². The Balaban J connectivity index is 1.63. The second kappa shape index (κ2) is 8.49. The number of pyridine rings is 1. The summed E-state index contributed by atoms with van der Waals surface area (Å²) in [6.45, 7) is 5.61. The van der Waals surface area contributed by atoms with Crippen LogP contribution in [0.25, 0.3) is 10.9 Å². The van der Waals surface area contributed by atoms with Gasteiger partial charge in [-0.25, -0.2) is 0 Å². The van der Waals surface area contributed by atoms with Crippen LogP contribution in [0.5, 0.6) is 0 Å². The second-order valence-electron chi connectivity index (χ2n) is 6.31. The minimum atomic E-state index is -0.225. The summed E-state index contributed by atoms with van der Waals surface area (Å²) in [6.07, 6.45) is 5.69. The van der Waals surface area contributed by atoms with Gasteiger partial charge >= 0.3 is 0 Å². The highest BCUT2D eigenvalue weighted by molar-refractivity contribution is 5.99. The number of carbonyl (C=O) groups excluding carboxylic acids is 2. The summed E-state index contributed by atoms with van der Waals surface area (Å²) in [5.74, 6) is -0.336. The number of rotatable bonds is 7. The molecular formula is C21H24N4O2. The van der Waals surface area contributed by atoms with Crippen molar-refractivity contribution < 1.29 is 9.59 Å². The number of aromatic amines is 1. The Labute approximate surface area is 158 Å². The van der Waals surface area contributed by atoms with Gasteiger partial charge in [0.2, 0.25) is 0 Å². The minimum absolute atomic E-state index is 0.110. The van der Waals surface area contributed by atoms with E-state index in [0.29, 0.717) is 30.8 Å². The zero-order valence-electron chi connectivity index (χ0n) is 15.7.